The summed E-state index contributed by atoms with van der Waals surface area (Å²) < 4.78 is 0. The Balaban J connectivity index is 1.97. The van der Waals surface area contributed by atoms with Gasteiger partial charge in [-0.25, -0.2) is 0 Å². The second-order valence-corrected chi connectivity index (χ2v) is 8.15. The zero-order chi connectivity index (χ0) is 20.3. The van der Waals surface area contributed by atoms with Crippen molar-refractivity contribution < 1.29 is 0 Å². The number of nitrogens with two attached hydrogens (primary N) is 2. The number of rotatable bonds is 18. The maximum atomic E-state index is 5.89. The van der Waals surface area contributed by atoms with E-state index in [2.05, 4.69) is 37.3 Å². The van der Waals surface area contributed by atoms with Crippen molar-refractivity contribution in [2.45, 2.75) is 116 Å². The molecule has 160 valence electrons. The SMILES string of the molecule is CCCCCCCC/C=C\CCCCCCCCc1c(CN)cccc1CN. The maximum Gasteiger partial charge on any atom is 0.0180 e. The summed E-state index contributed by atoms with van der Waals surface area (Å²) in [5, 5.41) is 0. The van der Waals surface area contributed by atoms with E-state index in [9.17, 15) is 0 Å². The molecule has 0 bridgehead atoms. The van der Waals surface area contributed by atoms with Crippen molar-refractivity contribution in [1.82, 2.24) is 0 Å². The van der Waals surface area contributed by atoms with Crippen molar-refractivity contribution in [3.63, 3.8) is 0 Å². The molecule has 0 atom stereocenters. The Bertz CT molecular complexity index is 485. The fourth-order valence-corrected chi connectivity index (χ4v) is 3.94. The van der Waals surface area contributed by atoms with Gasteiger partial charge in [0, 0.05) is 13.1 Å². The maximum absolute atomic E-state index is 5.89. The van der Waals surface area contributed by atoms with Gasteiger partial charge in [-0.05, 0) is 55.2 Å². The van der Waals surface area contributed by atoms with Crippen LogP contribution in [0.3, 0.4) is 0 Å². The molecule has 0 amide bonds. The van der Waals surface area contributed by atoms with Crippen LogP contribution in [0.1, 0.15) is 114 Å². The lowest BCUT2D eigenvalue weighted by Gasteiger charge is -2.12. The first-order valence-corrected chi connectivity index (χ1v) is 12.0. The summed E-state index contributed by atoms with van der Waals surface area (Å²) in [4.78, 5) is 0. The van der Waals surface area contributed by atoms with Gasteiger partial charge in [0.05, 0.1) is 0 Å². The molecule has 0 heterocycles. The molecule has 0 unspecified atom stereocenters. The normalized spacial score (nSPS) is 11.5. The van der Waals surface area contributed by atoms with Crippen LogP contribution < -0.4 is 11.5 Å². The summed E-state index contributed by atoms with van der Waals surface area (Å²) in [5.41, 5.74) is 15.7. The van der Waals surface area contributed by atoms with Crippen molar-refractivity contribution in [3.8, 4) is 0 Å². The van der Waals surface area contributed by atoms with E-state index in [1.165, 1.54) is 107 Å². The van der Waals surface area contributed by atoms with E-state index in [4.69, 9.17) is 11.5 Å². The third-order valence-electron chi connectivity index (χ3n) is 5.75. The molecule has 4 N–H and O–H groups in total. The minimum Gasteiger partial charge on any atom is -0.326 e. The van der Waals surface area contributed by atoms with Crippen molar-refractivity contribution in [3.05, 3.63) is 47.0 Å². The lowest BCUT2D eigenvalue weighted by Crippen LogP contribution is -2.08. The van der Waals surface area contributed by atoms with Gasteiger partial charge < -0.3 is 11.5 Å². The monoisotopic (exact) mass is 386 g/mol. The Hall–Kier alpha value is -1.12. The summed E-state index contributed by atoms with van der Waals surface area (Å²) in [7, 11) is 0. The van der Waals surface area contributed by atoms with E-state index in [1.807, 2.05) is 0 Å². The molecular formula is C26H46N2. The zero-order valence-corrected chi connectivity index (χ0v) is 18.6. The first kappa shape index (κ1) is 24.9. The van der Waals surface area contributed by atoms with Crippen LogP contribution in [0, 0.1) is 0 Å². The Labute approximate surface area is 175 Å². The molecule has 0 fully saturated rings. The predicted octanol–water partition coefficient (Wildman–Crippen LogP) is 7.18. The third kappa shape index (κ3) is 11.7. The molecule has 0 saturated heterocycles. The van der Waals surface area contributed by atoms with E-state index >= 15 is 0 Å². The van der Waals surface area contributed by atoms with Gasteiger partial charge in [-0.15, -0.1) is 0 Å². The molecule has 0 spiro atoms. The molecule has 0 radical (unpaired) electrons. The fraction of sp³-hybridized carbons (Fsp3) is 0.692. The summed E-state index contributed by atoms with van der Waals surface area (Å²) in [6.45, 7) is 3.52. The second kappa shape index (κ2) is 17.9. The summed E-state index contributed by atoms with van der Waals surface area (Å²) in [6, 6.07) is 6.37. The second-order valence-electron chi connectivity index (χ2n) is 8.15. The van der Waals surface area contributed by atoms with E-state index < -0.39 is 0 Å². The van der Waals surface area contributed by atoms with Crippen molar-refractivity contribution >= 4 is 0 Å². The highest BCUT2D eigenvalue weighted by atomic mass is 14.5. The molecular weight excluding hydrogens is 340 g/mol. The molecule has 0 aliphatic carbocycles. The highest BCUT2D eigenvalue weighted by molar-refractivity contribution is 5.35. The Morgan fingerprint density at radius 1 is 0.643 bits per heavy atom. The third-order valence-corrected chi connectivity index (χ3v) is 5.75. The molecule has 1 rings (SSSR count). The quantitative estimate of drug-likeness (QED) is 0.207. The smallest absolute Gasteiger partial charge is 0.0180 e. The van der Waals surface area contributed by atoms with Gasteiger partial charge in [-0.2, -0.15) is 0 Å². The molecule has 2 nitrogen and oxygen atoms in total. The molecule has 0 saturated carbocycles. The van der Waals surface area contributed by atoms with Gasteiger partial charge in [0.2, 0.25) is 0 Å². The average Bonchev–Trinajstić information content (AvgIpc) is 2.73. The predicted molar refractivity (Wildman–Crippen MR) is 125 cm³/mol. The molecule has 0 aliphatic rings. The molecule has 0 aliphatic heterocycles. The van der Waals surface area contributed by atoms with Crippen molar-refractivity contribution in [2.75, 3.05) is 0 Å². The topological polar surface area (TPSA) is 52.0 Å². The Kier molecular flexibility index (Phi) is 16.0. The number of hydrogen-bond acceptors (Lipinski definition) is 2. The minimum absolute atomic E-state index is 0.621. The first-order chi connectivity index (χ1) is 13.8. The summed E-state index contributed by atoms with van der Waals surface area (Å²) >= 11 is 0. The van der Waals surface area contributed by atoms with Crippen LogP contribution in [0.4, 0.5) is 0 Å². The van der Waals surface area contributed by atoms with Crippen LogP contribution in [-0.2, 0) is 19.5 Å². The van der Waals surface area contributed by atoms with Gasteiger partial charge in [0.25, 0.3) is 0 Å². The Morgan fingerprint density at radius 3 is 1.61 bits per heavy atom. The molecule has 1 aromatic rings. The lowest BCUT2D eigenvalue weighted by atomic mass is 9.95. The van der Waals surface area contributed by atoms with Gasteiger partial charge in [-0.1, -0.05) is 95.1 Å². The van der Waals surface area contributed by atoms with Gasteiger partial charge >= 0.3 is 0 Å². The standard InChI is InChI=1S/C26H46N2/c1-2-3-4-5-6-7-8-9-10-11-12-13-14-15-16-17-21-26-24(22-27)19-18-20-25(26)23-28/h9-10,18-20H,2-8,11-17,21-23,27-28H2,1H3/b10-9-. The molecule has 2 heteroatoms. The van der Waals surface area contributed by atoms with Gasteiger partial charge in [0.15, 0.2) is 0 Å². The number of benzene rings is 1. The molecule has 1 aromatic carbocycles. The lowest BCUT2D eigenvalue weighted by molar-refractivity contribution is 0.594. The van der Waals surface area contributed by atoms with E-state index in [1.54, 1.807) is 0 Å². The van der Waals surface area contributed by atoms with Gasteiger partial charge in [0.1, 0.15) is 0 Å². The number of unbranched alkanes of at least 4 members (excludes halogenated alkanes) is 12. The average molecular weight is 387 g/mol. The summed E-state index contributed by atoms with van der Waals surface area (Å²) in [5.74, 6) is 0. The number of allylic oxidation sites excluding steroid dienone is 2. The van der Waals surface area contributed by atoms with Crippen LogP contribution in [0.2, 0.25) is 0 Å². The highest BCUT2D eigenvalue weighted by Crippen LogP contribution is 2.18. The van der Waals surface area contributed by atoms with Crippen LogP contribution in [0.15, 0.2) is 30.4 Å². The van der Waals surface area contributed by atoms with E-state index in [-0.39, 0.29) is 0 Å². The van der Waals surface area contributed by atoms with Crippen LogP contribution in [0.5, 0.6) is 0 Å². The summed E-state index contributed by atoms with van der Waals surface area (Å²) in [6.07, 6.45) is 24.9. The van der Waals surface area contributed by atoms with Crippen LogP contribution >= 0.6 is 0 Å². The molecule has 0 aromatic heterocycles. The van der Waals surface area contributed by atoms with Crippen molar-refractivity contribution in [1.29, 1.82) is 0 Å². The first-order valence-electron chi connectivity index (χ1n) is 12.0. The number of hydrogen-bond donors (Lipinski definition) is 2. The van der Waals surface area contributed by atoms with Crippen molar-refractivity contribution in [2.24, 2.45) is 11.5 Å². The minimum atomic E-state index is 0.621. The Morgan fingerprint density at radius 2 is 1.11 bits per heavy atom. The van der Waals surface area contributed by atoms with E-state index in [0.717, 1.165) is 6.42 Å². The zero-order valence-electron chi connectivity index (χ0n) is 18.6. The molecule has 28 heavy (non-hydrogen) atoms. The van der Waals surface area contributed by atoms with Crippen LogP contribution in [-0.4, -0.2) is 0 Å². The van der Waals surface area contributed by atoms with Crippen LogP contribution in [0.25, 0.3) is 0 Å². The fourth-order valence-electron chi connectivity index (χ4n) is 3.94. The highest BCUT2D eigenvalue weighted by Gasteiger charge is 2.06. The largest absolute Gasteiger partial charge is 0.326 e. The van der Waals surface area contributed by atoms with E-state index in [0.29, 0.717) is 13.1 Å². The van der Waals surface area contributed by atoms with Gasteiger partial charge in [-0.3, -0.25) is 0 Å².